The van der Waals surface area contributed by atoms with Crippen LogP contribution in [0.5, 0.6) is 5.75 Å². The van der Waals surface area contributed by atoms with E-state index in [-0.39, 0.29) is 11.3 Å². The Morgan fingerprint density at radius 3 is 2.73 bits per heavy atom. The van der Waals surface area contributed by atoms with E-state index < -0.39 is 11.6 Å². The maximum absolute atomic E-state index is 14.2. The number of pyridine rings is 1. The molecule has 0 aliphatic carbocycles. The molecule has 1 aliphatic rings. The van der Waals surface area contributed by atoms with Crippen molar-refractivity contribution in [1.29, 1.82) is 0 Å². The molecule has 0 atom stereocenters. The number of aromatic nitrogens is 5. The van der Waals surface area contributed by atoms with Crippen LogP contribution in [0.1, 0.15) is 18.9 Å². The summed E-state index contributed by atoms with van der Waals surface area (Å²) in [5.74, 6) is -1.52. The molecule has 1 aromatic carbocycles. The molecule has 0 spiro atoms. The molecule has 1 saturated heterocycles. The molecule has 4 heterocycles. The Labute approximate surface area is 171 Å². The fourth-order valence-corrected chi connectivity index (χ4v) is 3.97. The van der Waals surface area contributed by atoms with Crippen molar-refractivity contribution in [3.05, 3.63) is 48.4 Å². The Morgan fingerprint density at radius 1 is 1.10 bits per heavy atom. The van der Waals surface area contributed by atoms with Crippen molar-refractivity contribution in [2.24, 2.45) is 0 Å². The third kappa shape index (κ3) is 3.21. The van der Waals surface area contributed by atoms with Gasteiger partial charge >= 0.3 is 0 Å². The van der Waals surface area contributed by atoms with Gasteiger partial charge in [-0.1, -0.05) is 0 Å². The summed E-state index contributed by atoms with van der Waals surface area (Å²) in [7, 11) is 1.34. The second-order valence-corrected chi connectivity index (χ2v) is 7.35. The molecule has 1 fully saturated rings. The minimum Gasteiger partial charge on any atom is -0.493 e. The number of hydrogen-bond acceptors (Lipinski definition) is 5. The number of H-pyrrole nitrogens is 1. The summed E-state index contributed by atoms with van der Waals surface area (Å²) in [5, 5.41) is 15.6. The van der Waals surface area contributed by atoms with Crippen molar-refractivity contribution in [2.75, 3.05) is 20.2 Å². The van der Waals surface area contributed by atoms with Gasteiger partial charge in [0, 0.05) is 40.5 Å². The van der Waals surface area contributed by atoms with Crippen LogP contribution in [-0.2, 0) is 0 Å². The van der Waals surface area contributed by atoms with Gasteiger partial charge in [0.05, 0.1) is 25.0 Å². The van der Waals surface area contributed by atoms with E-state index in [0.29, 0.717) is 22.8 Å². The summed E-state index contributed by atoms with van der Waals surface area (Å²) in [4.78, 5) is 4.41. The molecule has 0 unspecified atom stereocenters. The number of hydrogen-bond donors (Lipinski definition) is 2. The van der Waals surface area contributed by atoms with Crippen molar-refractivity contribution in [1.82, 2.24) is 30.3 Å². The van der Waals surface area contributed by atoms with Crippen LogP contribution in [0, 0.1) is 11.6 Å². The number of nitrogens with zero attached hydrogens (tertiary/aromatic N) is 4. The molecule has 2 N–H and O–H groups in total. The predicted molar refractivity (Wildman–Crippen MR) is 108 cm³/mol. The first-order valence-corrected chi connectivity index (χ1v) is 9.77. The first-order valence-electron chi connectivity index (χ1n) is 9.77. The van der Waals surface area contributed by atoms with Crippen molar-refractivity contribution in [2.45, 2.75) is 18.9 Å². The standard InChI is InChI=1S/C21H20F2N6O/c1-30-20-16(7-14(22)8-18(20)23)19-17-6-12(9-25-21(17)28-27-19)13-10-26-29(11-13)15-2-4-24-5-3-15/h6-11,15,24H,2-5H2,1H3,(H,25,27,28). The Kier molecular flexibility index (Phi) is 4.66. The van der Waals surface area contributed by atoms with E-state index >= 15 is 0 Å². The monoisotopic (exact) mass is 410 g/mol. The van der Waals surface area contributed by atoms with Crippen LogP contribution < -0.4 is 10.1 Å². The van der Waals surface area contributed by atoms with E-state index in [9.17, 15) is 8.78 Å². The highest BCUT2D eigenvalue weighted by molar-refractivity contribution is 5.94. The van der Waals surface area contributed by atoms with Crippen LogP contribution in [0.25, 0.3) is 33.4 Å². The molecule has 154 valence electrons. The number of rotatable bonds is 4. The summed E-state index contributed by atoms with van der Waals surface area (Å²) < 4.78 is 35.3. The molecule has 1 aliphatic heterocycles. The number of piperidine rings is 1. The molecule has 0 bridgehead atoms. The zero-order valence-corrected chi connectivity index (χ0v) is 16.3. The first kappa shape index (κ1) is 18.7. The Balaban J connectivity index is 1.57. The van der Waals surface area contributed by atoms with Crippen molar-refractivity contribution in [3.63, 3.8) is 0 Å². The Bertz CT molecular complexity index is 1210. The van der Waals surface area contributed by atoms with Gasteiger partial charge in [0.1, 0.15) is 5.82 Å². The lowest BCUT2D eigenvalue weighted by Gasteiger charge is -2.22. The summed E-state index contributed by atoms with van der Waals surface area (Å²) in [6.07, 6.45) is 7.62. The van der Waals surface area contributed by atoms with Crippen LogP contribution in [0.15, 0.2) is 36.8 Å². The lowest BCUT2D eigenvalue weighted by Crippen LogP contribution is -2.29. The van der Waals surface area contributed by atoms with Gasteiger partial charge in [-0.2, -0.15) is 10.2 Å². The number of aromatic amines is 1. The van der Waals surface area contributed by atoms with Gasteiger partial charge in [-0.25, -0.2) is 13.8 Å². The number of fused-ring (bicyclic) bond motifs is 1. The third-order valence-corrected chi connectivity index (χ3v) is 5.51. The van der Waals surface area contributed by atoms with Crippen molar-refractivity contribution in [3.8, 4) is 28.1 Å². The predicted octanol–water partition coefficient (Wildman–Crippen LogP) is 3.70. The fourth-order valence-electron chi connectivity index (χ4n) is 3.97. The van der Waals surface area contributed by atoms with Crippen LogP contribution in [0.3, 0.4) is 0 Å². The minimum atomic E-state index is -0.775. The molecule has 0 saturated carbocycles. The number of halogens is 2. The number of methoxy groups -OCH3 is 1. The van der Waals surface area contributed by atoms with Gasteiger partial charge in [-0.15, -0.1) is 0 Å². The van der Waals surface area contributed by atoms with Crippen LogP contribution >= 0.6 is 0 Å². The molecule has 5 rings (SSSR count). The Hall–Kier alpha value is -3.33. The maximum Gasteiger partial charge on any atom is 0.181 e. The number of ether oxygens (including phenoxy) is 1. The second kappa shape index (κ2) is 7.49. The average Bonchev–Trinajstić information content (AvgIpc) is 3.41. The second-order valence-electron chi connectivity index (χ2n) is 7.35. The van der Waals surface area contributed by atoms with E-state index in [0.717, 1.165) is 43.1 Å². The van der Waals surface area contributed by atoms with E-state index in [4.69, 9.17) is 4.74 Å². The molecular formula is C21H20F2N6O. The van der Waals surface area contributed by atoms with Gasteiger partial charge in [0.2, 0.25) is 0 Å². The maximum atomic E-state index is 14.2. The highest BCUT2D eigenvalue weighted by atomic mass is 19.1. The average molecular weight is 410 g/mol. The van der Waals surface area contributed by atoms with Crippen molar-refractivity contribution >= 4 is 11.0 Å². The lowest BCUT2D eigenvalue weighted by atomic mass is 10.0. The van der Waals surface area contributed by atoms with Gasteiger partial charge in [-0.05, 0) is 38.1 Å². The minimum absolute atomic E-state index is 0.0499. The quantitative estimate of drug-likeness (QED) is 0.536. The Morgan fingerprint density at radius 2 is 1.93 bits per heavy atom. The largest absolute Gasteiger partial charge is 0.493 e. The lowest BCUT2D eigenvalue weighted by molar-refractivity contribution is 0.343. The number of nitrogens with one attached hydrogen (secondary N) is 2. The summed E-state index contributed by atoms with van der Waals surface area (Å²) in [6, 6.07) is 4.28. The molecule has 30 heavy (non-hydrogen) atoms. The summed E-state index contributed by atoms with van der Waals surface area (Å²) in [5.41, 5.74) is 2.92. The molecule has 7 nitrogen and oxygen atoms in total. The van der Waals surface area contributed by atoms with E-state index in [1.54, 1.807) is 6.20 Å². The zero-order chi connectivity index (χ0) is 20.7. The highest BCUT2D eigenvalue weighted by Gasteiger charge is 2.20. The van der Waals surface area contributed by atoms with Gasteiger partial charge in [-0.3, -0.25) is 9.78 Å². The van der Waals surface area contributed by atoms with E-state index in [1.165, 1.54) is 13.2 Å². The van der Waals surface area contributed by atoms with Crippen LogP contribution in [0.4, 0.5) is 8.78 Å². The molecule has 0 amide bonds. The normalized spacial score (nSPS) is 15.0. The summed E-state index contributed by atoms with van der Waals surface area (Å²) >= 11 is 0. The first-order chi connectivity index (χ1) is 14.6. The van der Waals surface area contributed by atoms with Gasteiger partial charge < -0.3 is 10.1 Å². The fraction of sp³-hybridized carbons (Fsp3) is 0.286. The highest BCUT2D eigenvalue weighted by Crippen LogP contribution is 2.36. The van der Waals surface area contributed by atoms with Gasteiger partial charge in [0.15, 0.2) is 17.2 Å². The molecule has 9 heteroatoms. The zero-order valence-electron chi connectivity index (χ0n) is 16.3. The SMILES string of the molecule is COc1c(F)cc(F)cc1-c1[nH]nc2ncc(-c3cnn(C4CCNCC4)c3)cc12. The smallest absolute Gasteiger partial charge is 0.181 e. The van der Waals surface area contributed by atoms with Gasteiger partial charge in [0.25, 0.3) is 0 Å². The molecule has 0 radical (unpaired) electrons. The van der Waals surface area contributed by atoms with Crippen LogP contribution in [0.2, 0.25) is 0 Å². The van der Waals surface area contributed by atoms with Crippen LogP contribution in [-0.4, -0.2) is 45.2 Å². The molecule has 3 aromatic heterocycles. The molecule has 4 aromatic rings. The summed E-state index contributed by atoms with van der Waals surface area (Å²) in [6.45, 7) is 1.97. The topological polar surface area (TPSA) is 80.7 Å². The van der Waals surface area contributed by atoms with E-state index in [1.807, 2.05) is 23.1 Å². The van der Waals surface area contributed by atoms with E-state index in [2.05, 4.69) is 25.6 Å². The van der Waals surface area contributed by atoms with Crippen molar-refractivity contribution < 1.29 is 13.5 Å². The molecular weight excluding hydrogens is 390 g/mol. The number of benzene rings is 1. The third-order valence-electron chi connectivity index (χ3n) is 5.51.